The van der Waals surface area contributed by atoms with Gasteiger partial charge in [0.2, 0.25) is 0 Å². The van der Waals surface area contributed by atoms with Gasteiger partial charge in [0.15, 0.2) is 17.3 Å². The topological polar surface area (TPSA) is 44.8 Å². The summed E-state index contributed by atoms with van der Waals surface area (Å²) >= 11 is 0. The van der Waals surface area contributed by atoms with Crippen LogP contribution < -0.4 is 9.47 Å². The summed E-state index contributed by atoms with van der Waals surface area (Å²) in [6.45, 7) is 2.87. The fourth-order valence-electron chi connectivity index (χ4n) is 2.13. The van der Waals surface area contributed by atoms with Gasteiger partial charge in [0.25, 0.3) is 0 Å². The van der Waals surface area contributed by atoms with Gasteiger partial charge in [-0.2, -0.15) is 0 Å². The van der Waals surface area contributed by atoms with Gasteiger partial charge < -0.3 is 14.2 Å². The van der Waals surface area contributed by atoms with Crippen LogP contribution in [0.3, 0.4) is 0 Å². The van der Waals surface area contributed by atoms with Crippen LogP contribution in [0.5, 0.6) is 11.5 Å². The third kappa shape index (κ3) is 3.70. The van der Waals surface area contributed by atoms with Crippen LogP contribution in [0.1, 0.15) is 36.5 Å². The number of Topliss-reactive ketones (excluding diaryl/α,β-unsaturated/α-hetero) is 1. The van der Waals surface area contributed by atoms with Crippen molar-refractivity contribution in [2.45, 2.75) is 32.3 Å². The van der Waals surface area contributed by atoms with Gasteiger partial charge in [-0.05, 0) is 44.4 Å². The highest BCUT2D eigenvalue weighted by Crippen LogP contribution is 2.29. The molecule has 0 bridgehead atoms. The van der Waals surface area contributed by atoms with E-state index in [1.54, 1.807) is 25.3 Å². The van der Waals surface area contributed by atoms with Gasteiger partial charge in [0, 0.05) is 12.2 Å². The third-order valence-electron chi connectivity index (χ3n) is 3.27. The molecular formula is C15H20O4. The Kier molecular flexibility index (Phi) is 4.80. The molecule has 0 unspecified atom stereocenters. The molecule has 0 radical (unpaired) electrons. The Balaban J connectivity index is 2.00. The first-order chi connectivity index (χ1) is 9.20. The Morgan fingerprint density at radius 1 is 1.37 bits per heavy atom. The van der Waals surface area contributed by atoms with Crippen molar-refractivity contribution < 1.29 is 19.0 Å². The predicted octanol–water partition coefficient (Wildman–Crippen LogP) is 2.85. The molecule has 1 atom stereocenters. The molecule has 1 fully saturated rings. The van der Waals surface area contributed by atoms with Gasteiger partial charge >= 0.3 is 0 Å². The van der Waals surface area contributed by atoms with E-state index in [2.05, 4.69) is 0 Å². The van der Waals surface area contributed by atoms with E-state index >= 15 is 0 Å². The highest BCUT2D eigenvalue weighted by atomic mass is 16.5. The van der Waals surface area contributed by atoms with E-state index in [0.717, 1.165) is 19.4 Å². The Morgan fingerprint density at radius 3 is 2.84 bits per heavy atom. The summed E-state index contributed by atoms with van der Waals surface area (Å²) in [5.74, 6) is 1.26. The third-order valence-corrected chi connectivity index (χ3v) is 3.27. The molecule has 0 amide bonds. The van der Waals surface area contributed by atoms with Crippen molar-refractivity contribution in [2.75, 3.05) is 20.3 Å². The van der Waals surface area contributed by atoms with Crippen LogP contribution in [0, 0.1) is 0 Å². The molecule has 104 valence electrons. The zero-order chi connectivity index (χ0) is 13.7. The number of ketones is 1. The summed E-state index contributed by atoms with van der Waals surface area (Å²) in [6, 6.07) is 5.24. The van der Waals surface area contributed by atoms with E-state index < -0.39 is 0 Å². The Morgan fingerprint density at radius 2 is 2.21 bits per heavy atom. The van der Waals surface area contributed by atoms with Gasteiger partial charge in [0.1, 0.15) is 6.61 Å². The van der Waals surface area contributed by atoms with Crippen molar-refractivity contribution in [3.8, 4) is 11.5 Å². The molecule has 1 aromatic rings. The molecule has 1 aliphatic rings. The van der Waals surface area contributed by atoms with E-state index in [9.17, 15) is 4.79 Å². The lowest BCUT2D eigenvalue weighted by atomic mass is 10.1. The number of benzene rings is 1. The summed E-state index contributed by atoms with van der Waals surface area (Å²) in [4.78, 5) is 11.3. The highest BCUT2D eigenvalue weighted by Gasteiger charge is 2.16. The molecule has 0 spiro atoms. The monoisotopic (exact) mass is 264 g/mol. The Labute approximate surface area is 113 Å². The predicted molar refractivity (Wildman–Crippen MR) is 72.1 cm³/mol. The number of rotatable bonds is 5. The number of carbonyl (C=O) groups excluding carboxylic acids is 1. The molecule has 0 aliphatic carbocycles. The molecule has 4 heteroatoms. The van der Waals surface area contributed by atoms with Crippen LogP contribution in [0.25, 0.3) is 0 Å². The maximum Gasteiger partial charge on any atom is 0.161 e. The summed E-state index contributed by atoms with van der Waals surface area (Å²) < 4.78 is 16.6. The molecule has 0 aromatic heterocycles. The second kappa shape index (κ2) is 6.57. The van der Waals surface area contributed by atoms with E-state index in [-0.39, 0.29) is 11.9 Å². The van der Waals surface area contributed by atoms with Crippen molar-refractivity contribution >= 4 is 5.78 Å². The van der Waals surface area contributed by atoms with Crippen molar-refractivity contribution in [3.05, 3.63) is 23.8 Å². The van der Waals surface area contributed by atoms with E-state index in [0.29, 0.717) is 23.7 Å². The number of carbonyl (C=O) groups is 1. The number of methoxy groups -OCH3 is 1. The van der Waals surface area contributed by atoms with Crippen LogP contribution >= 0.6 is 0 Å². The summed E-state index contributed by atoms with van der Waals surface area (Å²) in [7, 11) is 1.57. The van der Waals surface area contributed by atoms with Crippen LogP contribution in [-0.4, -0.2) is 32.2 Å². The molecular weight excluding hydrogens is 244 g/mol. The number of ether oxygens (including phenoxy) is 3. The van der Waals surface area contributed by atoms with Gasteiger partial charge in [-0.3, -0.25) is 4.79 Å². The molecule has 1 aliphatic heterocycles. The fourth-order valence-corrected chi connectivity index (χ4v) is 2.13. The average molecular weight is 264 g/mol. The van der Waals surface area contributed by atoms with Crippen molar-refractivity contribution in [3.63, 3.8) is 0 Å². The van der Waals surface area contributed by atoms with Crippen molar-refractivity contribution in [2.24, 2.45) is 0 Å². The largest absolute Gasteiger partial charge is 0.493 e. The highest BCUT2D eigenvalue weighted by molar-refractivity contribution is 5.94. The molecule has 1 heterocycles. The van der Waals surface area contributed by atoms with Gasteiger partial charge in [-0.25, -0.2) is 0 Å². The molecule has 1 aromatic carbocycles. The number of hydrogen-bond donors (Lipinski definition) is 0. The Bertz CT molecular complexity index is 436. The molecule has 0 saturated carbocycles. The Hall–Kier alpha value is -1.55. The summed E-state index contributed by atoms with van der Waals surface area (Å²) in [5.41, 5.74) is 0.623. The fraction of sp³-hybridized carbons (Fsp3) is 0.533. The lowest BCUT2D eigenvalue weighted by Gasteiger charge is -2.23. The zero-order valence-corrected chi connectivity index (χ0v) is 11.5. The first-order valence-corrected chi connectivity index (χ1v) is 6.64. The minimum absolute atomic E-state index is 0.0143. The molecule has 2 rings (SSSR count). The van der Waals surface area contributed by atoms with E-state index in [1.165, 1.54) is 13.3 Å². The quantitative estimate of drug-likeness (QED) is 0.767. The summed E-state index contributed by atoms with van der Waals surface area (Å²) in [6.07, 6.45) is 3.51. The zero-order valence-electron chi connectivity index (χ0n) is 11.5. The van der Waals surface area contributed by atoms with E-state index in [1.807, 2.05) is 0 Å². The molecule has 0 N–H and O–H groups in total. The van der Waals surface area contributed by atoms with Crippen LogP contribution in [0.2, 0.25) is 0 Å². The molecule has 4 nitrogen and oxygen atoms in total. The second-order valence-electron chi connectivity index (χ2n) is 4.72. The van der Waals surface area contributed by atoms with Crippen LogP contribution in [-0.2, 0) is 4.74 Å². The van der Waals surface area contributed by atoms with E-state index in [4.69, 9.17) is 14.2 Å². The lowest BCUT2D eigenvalue weighted by Crippen LogP contribution is -2.25. The maximum atomic E-state index is 11.3. The average Bonchev–Trinajstić information content (AvgIpc) is 2.45. The SMILES string of the molecule is COc1cc(C(C)=O)ccc1OC[C@H]1CCCCO1. The van der Waals surface area contributed by atoms with Crippen molar-refractivity contribution in [1.82, 2.24) is 0 Å². The smallest absolute Gasteiger partial charge is 0.161 e. The van der Waals surface area contributed by atoms with Crippen LogP contribution in [0.15, 0.2) is 18.2 Å². The second-order valence-corrected chi connectivity index (χ2v) is 4.72. The van der Waals surface area contributed by atoms with Gasteiger partial charge in [-0.1, -0.05) is 0 Å². The molecule has 19 heavy (non-hydrogen) atoms. The minimum atomic E-state index is 0.0143. The lowest BCUT2D eigenvalue weighted by molar-refractivity contribution is -0.0114. The normalized spacial score (nSPS) is 18.9. The summed E-state index contributed by atoms with van der Waals surface area (Å²) in [5, 5.41) is 0. The minimum Gasteiger partial charge on any atom is -0.493 e. The first kappa shape index (κ1) is 13.9. The van der Waals surface area contributed by atoms with Gasteiger partial charge in [-0.15, -0.1) is 0 Å². The van der Waals surface area contributed by atoms with Crippen molar-refractivity contribution in [1.29, 1.82) is 0 Å². The standard InChI is InChI=1S/C15H20O4/c1-11(16)12-6-7-14(15(9-12)17-2)19-10-13-5-3-4-8-18-13/h6-7,9,13H,3-5,8,10H2,1-2H3/t13-/m1/s1. The molecule has 1 saturated heterocycles. The number of hydrogen-bond acceptors (Lipinski definition) is 4. The van der Waals surface area contributed by atoms with Gasteiger partial charge in [0.05, 0.1) is 13.2 Å². The maximum absolute atomic E-state index is 11.3. The first-order valence-electron chi connectivity index (χ1n) is 6.64. The van der Waals surface area contributed by atoms with Crippen LogP contribution in [0.4, 0.5) is 0 Å².